The van der Waals surface area contributed by atoms with Crippen LogP contribution in [0.3, 0.4) is 0 Å². The highest BCUT2D eigenvalue weighted by molar-refractivity contribution is 6.07. The number of hydrogen-bond donors (Lipinski definition) is 0. The van der Waals surface area contributed by atoms with Gasteiger partial charge in [0, 0.05) is 37.1 Å². The van der Waals surface area contributed by atoms with Crippen LogP contribution in [0.25, 0.3) is 22.2 Å². The molecule has 0 atom stereocenters. The lowest BCUT2D eigenvalue weighted by Crippen LogP contribution is -2.49. The fraction of sp³-hybridized carbons (Fsp3) is 0.200. The molecule has 0 bridgehead atoms. The maximum atomic E-state index is 14.0. The fourth-order valence-corrected chi connectivity index (χ4v) is 5.63. The van der Waals surface area contributed by atoms with Crippen LogP contribution in [-0.2, 0) is 0 Å². The highest BCUT2D eigenvalue weighted by Crippen LogP contribution is 2.31. The van der Waals surface area contributed by atoms with E-state index in [0.29, 0.717) is 25.3 Å². The summed E-state index contributed by atoms with van der Waals surface area (Å²) in [6.45, 7) is 5.54. The molecule has 5 aromatic rings. The standard InChI is InChI=1S/C35H33N3O2/c1-2-40-29-19-17-26(18-20-29)33-25-31(30-15-9-10-16-32(30)36-33)35(39)38-23-21-37(22-24-38)34(27-11-5-3-6-12-27)28-13-7-4-8-14-28/h3-20,25,34H,2,21-24H2,1H3. The maximum Gasteiger partial charge on any atom is 0.254 e. The third-order valence-electron chi connectivity index (χ3n) is 7.60. The zero-order chi connectivity index (χ0) is 27.3. The van der Waals surface area contributed by atoms with Gasteiger partial charge >= 0.3 is 0 Å². The first-order valence-electron chi connectivity index (χ1n) is 14.0. The van der Waals surface area contributed by atoms with Crippen molar-refractivity contribution in [2.75, 3.05) is 32.8 Å². The van der Waals surface area contributed by atoms with E-state index in [1.54, 1.807) is 0 Å². The molecule has 5 nitrogen and oxygen atoms in total. The van der Waals surface area contributed by atoms with Crippen LogP contribution in [0.2, 0.25) is 0 Å². The highest BCUT2D eigenvalue weighted by Gasteiger charge is 2.29. The molecule has 1 aromatic heterocycles. The predicted octanol–water partition coefficient (Wildman–Crippen LogP) is 6.85. The molecule has 200 valence electrons. The quantitative estimate of drug-likeness (QED) is 0.232. The lowest BCUT2D eigenvalue weighted by molar-refractivity contribution is 0.0599. The van der Waals surface area contributed by atoms with Crippen molar-refractivity contribution in [3.8, 4) is 17.0 Å². The number of carbonyl (C=O) groups is 1. The van der Waals surface area contributed by atoms with Gasteiger partial charge in [-0.05, 0) is 54.4 Å². The minimum atomic E-state index is 0.0569. The van der Waals surface area contributed by atoms with Crippen LogP contribution in [0.1, 0.15) is 34.5 Å². The molecular formula is C35H33N3O2. The average Bonchev–Trinajstić information content (AvgIpc) is 3.02. The van der Waals surface area contributed by atoms with Crippen LogP contribution in [0, 0.1) is 0 Å². The summed E-state index contributed by atoms with van der Waals surface area (Å²) in [6, 6.07) is 39.2. The first kappa shape index (κ1) is 25.8. The Morgan fingerprint density at radius 2 is 1.38 bits per heavy atom. The number of benzene rings is 4. The van der Waals surface area contributed by atoms with Crippen molar-refractivity contribution in [2.45, 2.75) is 13.0 Å². The molecule has 40 heavy (non-hydrogen) atoms. The molecule has 0 spiro atoms. The van der Waals surface area contributed by atoms with Gasteiger partial charge in [-0.2, -0.15) is 0 Å². The Balaban J connectivity index is 1.26. The number of ether oxygens (including phenoxy) is 1. The molecule has 1 aliphatic rings. The number of piperazine rings is 1. The van der Waals surface area contributed by atoms with Gasteiger partial charge in [-0.1, -0.05) is 78.9 Å². The van der Waals surface area contributed by atoms with Crippen molar-refractivity contribution in [3.63, 3.8) is 0 Å². The second-order valence-electron chi connectivity index (χ2n) is 10.1. The Morgan fingerprint density at radius 3 is 2.00 bits per heavy atom. The Hall–Kier alpha value is -4.48. The Labute approximate surface area is 235 Å². The number of amides is 1. The Kier molecular flexibility index (Phi) is 7.56. The number of carbonyl (C=O) groups excluding carboxylic acids is 1. The van der Waals surface area contributed by atoms with Crippen LogP contribution >= 0.6 is 0 Å². The molecule has 1 saturated heterocycles. The molecule has 6 rings (SSSR count). The largest absolute Gasteiger partial charge is 0.494 e. The van der Waals surface area contributed by atoms with Gasteiger partial charge in [0.25, 0.3) is 5.91 Å². The van der Waals surface area contributed by atoms with E-state index in [0.717, 1.165) is 41.0 Å². The molecule has 4 aromatic carbocycles. The van der Waals surface area contributed by atoms with Crippen LogP contribution in [0.5, 0.6) is 5.75 Å². The number of pyridine rings is 1. The molecule has 0 aliphatic carbocycles. The monoisotopic (exact) mass is 527 g/mol. The highest BCUT2D eigenvalue weighted by atomic mass is 16.5. The molecule has 2 heterocycles. The minimum Gasteiger partial charge on any atom is -0.494 e. The van der Waals surface area contributed by atoms with Crippen molar-refractivity contribution >= 4 is 16.8 Å². The van der Waals surface area contributed by atoms with Gasteiger partial charge in [0.15, 0.2) is 0 Å². The van der Waals surface area contributed by atoms with Crippen molar-refractivity contribution in [3.05, 3.63) is 132 Å². The number of aromatic nitrogens is 1. The minimum absolute atomic E-state index is 0.0569. The molecular weight excluding hydrogens is 494 g/mol. The molecule has 1 aliphatic heterocycles. The summed E-state index contributed by atoms with van der Waals surface area (Å²) >= 11 is 0. The molecule has 1 amide bonds. The molecule has 0 unspecified atom stereocenters. The van der Waals surface area contributed by atoms with Crippen LogP contribution < -0.4 is 4.74 Å². The molecule has 0 radical (unpaired) electrons. The summed E-state index contributed by atoms with van der Waals surface area (Å²) in [5, 5.41) is 0.885. The maximum absolute atomic E-state index is 14.0. The molecule has 5 heteroatoms. The number of fused-ring (bicyclic) bond motifs is 1. The van der Waals surface area contributed by atoms with E-state index in [9.17, 15) is 4.79 Å². The Morgan fingerprint density at radius 1 is 0.775 bits per heavy atom. The molecule has 0 saturated carbocycles. The van der Waals surface area contributed by atoms with E-state index in [1.807, 2.05) is 66.4 Å². The van der Waals surface area contributed by atoms with Crippen LogP contribution in [-0.4, -0.2) is 53.5 Å². The smallest absolute Gasteiger partial charge is 0.254 e. The summed E-state index contributed by atoms with van der Waals surface area (Å²) in [7, 11) is 0. The van der Waals surface area contributed by atoms with E-state index in [4.69, 9.17) is 9.72 Å². The Bertz CT molecular complexity index is 1540. The number of rotatable bonds is 7. The number of hydrogen-bond acceptors (Lipinski definition) is 4. The summed E-state index contributed by atoms with van der Waals surface area (Å²) in [5.41, 5.74) is 5.82. The second kappa shape index (κ2) is 11.7. The van der Waals surface area contributed by atoms with Gasteiger partial charge in [-0.15, -0.1) is 0 Å². The zero-order valence-electron chi connectivity index (χ0n) is 22.7. The summed E-state index contributed by atoms with van der Waals surface area (Å²) in [6.07, 6.45) is 0. The van der Waals surface area contributed by atoms with E-state index >= 15 is 0 Å². The van der Waals surface area contributed by atoms with E-state index in [1.165, 1.54) is 11.1 Å². The van der Waals surface area contributed by atoms with Gasteiger partial charge < -0.3 is 9.64 Å². The first-order chi connectivity index (χ1) is 19.7. The SMILES string of the molecule is CCOc1ccc(-c2cc(C(=O)N3CCN(C(c4ccccc4)c4ccccc4)CC3)c3ccccc3n2)cc1. The van der Waals surface area contributed by atoms with E-state index < -0.39 is 0 Å². The fourth-order valence-electron chi connectivity index (χ4n) is 5.63. The van der Waals surface area contributed by atoms with E-state index in [2.05, 4.69) is 65.6 Å². The first-order valence-corrected chi connectivity index (χ1v) is 14.0. The van der Waals surface area contributed by atoms with Gasteiger partial charge in [-0.25, -0.2) is 4.98 Å². The lowest BCUT2D eigenvalue weighted by atomic mass is 9.96. The van der Waals surface area contributed by atoms with Gasteiger partial charge in [0.05, 0.1) is 29.4 Å². The van der Waals surface area contributed by atoms with E-state index in [-0.39, 0.29) is 11.9 Å². The molecule has 1 fully saturated rings. The van der Waals surface area contributed by atoms with Crippen LogP contribution in [0.4, 0.5) is 0 Å². The topological polar surface area (TPSA) is 45.7 Å². The van der Waals surface area contributed by atoms with Crippen LogP contribution in [0.15, 0.2) is 115 Å². The predicted molar refractivity (Wildman–Crippen MR) is 161 cm³/mol. The van der Waals surface area contributed by atoms with Gasteiger partial charge in [0.1, 0.15) is 5.75 Å². The zero-order valence-corrected chi connectivity index (χ0v) is 22.7. The summed E-state index contributed by atoms with van der Waals surface area (Å²) in [5.74, 6) is 0.881. The van der Waals surface area contributed by atoms with Crippen molar-refractivity contribution in [2.24, 2.45) is 0 Å². The van der Waals surface area contributed by atoms with Gasteiger partial charge in [0.2, 0.25) is 0 Å². The van der Waals surface area contributed by atoms with Crippen molar-refractivity contribution < 1.29 is 9.53 Å². The van der Waals surface area contributed by atoms with Crippen molar-refractivity contribution in [1.29, 1.82) is 0 Å². The number of nitrogens with zero attached hydrogens (tertiary/aromatic N) is 3. The summed E-state index contributed by atoms with van der Waals surface area (Å²) < 4.78 is 5.60. The number of para-hydroxylation sites is 1. The normalized spacial score (nSPS) is 14.0. The van der Waals surface area contributed by atoms with Crippen molar-refractivity contribution in [1.82, 2.24) is 14.8 Å². The second-order valence-corrected chi connectivity index (χ2v) is 10.1. The average molecular weight is 528 g/mol. The third-order valence-corrected chi connectivity index (χ3v) is 7.60. The third kappa shape index (κ3) is 5.33. The molecule has 0 N–H and O–H groups in total. The lowest BCUT2D eigenvalue weighted by Gasteiger charge is -2.40. The summed E-state index contributed by atoms with van der Waals surface area (Å²) in [4.78, 5) is 23.4. The van der Waals surface area contributed by atoms with Gasteiger partial charge in [-0.3, -0.25) is 9.69 Å².